The number of anilines is 2. The van der Waals surface area contributed by atoms with Gasteiger partial charge in [0, 0.05) is 10.6 Å². The second-order valence-corrected chi connectivity index (χ2v) is 7.33. The Kier molecular flexibility index (Phi) is 7.45. The zero-order chi connectivity index (χ0) is 23.3. The van der Waals surface area contributed by atoms with Gasteiger partial charge < -0.3 is 24.8 Å². The topological polar surface area (TPSA) is 85.9 Å². The van der Waals surface area contributed by atoms with E-state index >= 15 is 0 Å². The van der Waals surface area contributed by atoms with Crippen molar-refractivity contribution in [1.82, 2.24) is 0 Å². The van der Waals surface area contributed by atoms with Gasteiger partial charge >= 0.3 is 0 Å². The molecule has 0 saturated carbocycles. The molecule has 3 rings (SSSR count). The maximum atomic E-state index is 13.0. The number of ether oxygens (including phenoxy) is 3. The molecule has 2 N–H and O–H groups in total. The molecule has 0 aliphatic heterocycles. The van der Waals surface area contributed by atoms with Gasteiger partial charge in [-0.3, -0.25) is 9.59 Å². The Balaban J connectivity index is 1.91. The molecule has 0 heterocycles. The summed E-state index contributed by atoms with van der Waals surface area (Å²) >= 11 is 12.1. The second-order valence-electron chi connectivity index (χ2n) is 6.49. The lowest BCUT2D eigenvalue weighted by molar-refractivity contribution is 0.101. The number of nitrogens with one attached hydrogen (secondary N) is 2. The van der Waals surface area contributed by atoms with Gasteiger partial charge in [-0.15, -0.1) is 0 Å². The minimum absolute atomic E-state index is 0.208. The van der Waals surface area contributed by atoms with E-state index in [-0.39, 0.29) is 16.8 Å². The third-order valence-corrected chi connectivity index (χ3v) is 5.11. The van der Waals surface area contributed by atoms with Gasteiger partial charge in [-0.05, 0) is 48.5 Å². The van der Waals surface area contributed by atoms with Crippen molar-refractivity contribution in [1.29, 1.82) is 0 Å². The van der Waals surface area contributed by atoms with Crippen molar-refractivity contribution in [2.24, 2.45) is 0 Å². The van der Waals surface area contributed by atoms with E-state index in [4.69, 9.17) is 37.4 Å². The molecule has 0 aromatic heterocycles. The molecule has 0 unspecified atom stereocenters. The number of methoxy groups -OCH3 is 3. The van der Waals surface area contributed by atoms with Crippen LogP contribution < -0.4 is 24.8 Å². The smallest absolute Gasteiger partial charge is 0.263 e. The predicted octanol–water partition coefficient (Wildman–Crippen LogP) is 5.52. The lowest BCUT2D eigenvalue weighted by Gasteiger charge is -2.15. The van der Waals surface area contributed by atoms with Crippen LogP contribution in [0.25, 0.3) is 0 Å². The van der Waals surface area contributed by atoms with Crippen molar-refractivity contribution in [3.63, 3.8) is 0 Å². The summed E-state index contributed by atoms with van der Waals surface area (Å²) in [6, 6.07) is 14.4. The number of carbonyl (C=O) groups is 2. The molecule has 0 fully saturated rings. The fourth-order valence-electron chi connectivity index (χ4n) is 2.99. The molecule has 0 bridgehead atoms. The van der Waals surface area contributed by atoms with Gasteiger partial charge in [-0.1, -0.05) is 29.3 Å². The van der Waals surface area contributed by atoms with E-state index in [0.717, 1.165) is 0 Å². The molecule has 3 aromatic carbocycles. The first-order chi connectivity index (χ1) is 15.4. The van der Waals surface area contributed by atoms with Crippen LogP contribution in [0.1, 0.15) is 20.7 Å². The molecule has 3 aromatic rings. The van der Waals surface area contributed by atoms with Crippen molar-refractivity contribution in [3.8, 4) is 17.2 Å². The summed E-state index contributed by atoms with van der Waals surface area (Å²) in [7, 11) is 4.37. The Morgan fingerprint density at radius 3 is 1.97 bits per heavy atom. The number of rotatable bonds is 7. The van der Waals surface area contributed by atoms with E-state index in [0.29, 0.717) is 33.0 Å². The molecular weight excluding hydrogens is 455 g/mol. The average Bonchev–Trinajstić information content (AvgIpc) is 2.80. The molecule has 0 atom stereocenters. The Hall–Kier alpha value is -3.42. The largest absolute Gasteiger partial charge is 0.496 e. The highest BCUT2D eigenvalue weighted by atomic mass is 35.5. The maximum Gasteiger partial charge on any atom is 0.263 e. The highest BCUT2D eigenvalue weighted by Gasteiger charge is 2.20. The van der Waals surface area contributed by atoms with Crippen LogP contribution in [0, 0.1) is 0 Å². The van der Waals surface area contributed by atoms with E-state index in [1.165, 1.54) is 27.4 Å². The minimum atomic E-state index is -0.493. The highest BCUT2D eigenvalue weighted by molar-refractivity contribution is 6.35. The lowest BCUT2D eigenvalue weighted by Crippen LogP contribution is -2.17. The fraction of sp³-hybridized carbons (Fsp3) is 0.130. The monoisotopic (exact) mass is 474 g/mol. The van der Waals surface area contributed by atoms with Gasteiger partial charge in [0.05, 0.1) is 37.7 Å². The second kappa shape index (κ2) is 10.3. The van der Waals surface area contributed by atoms with Crippen LogP contribution in [0.4, 0.5) is 11.4 Å². The fourth-order valence-corrected chi connectivity index (χ4v) is 3.33. The molecule has 32 heavy (non-hydrogen) atoms. The van der Waals surface area contributed by atoms with E-state index in [2.05, 4.69) is 10.6 Å². The van der Waals surface area contributed by atoms with Crippen molar-refractivity contribution in [2.45, 2.75) is 0 Å². The summed E-state index contributed by atoms with van der Waals surface area (Å²) in [4.78, 5) is 25.8. The van der Waals surface area contributed by atoms with Crippen LogP contribution in [0.2, 0.25) is 10.0 Å². The van der Waals surface area contributed by atoms with E-state index in [1.807, 2.05) is 0 Å². The van der Waals surface area contributed by atoms with Crippen molar-refractivity contribution < 1.29 is 23.8 Å². The Morgan fingerprint density at radius 1 is 0.719 bits per heavy atom. The first-order valence-corrected chi connectivity index (χ1v) is 10.1. The lowest BCUT2D eigenvalue weighted by atomic mass is 10.1. The molecule has 0 spiro atoms. The van der Waals surface area contributed by atoms with Crippen LogP contribution >= 0.6 is 23.2 Å². The number of hydrogen-bond acceptors (Lipinski definition) is 5. The molecule has 7 nitrogen and oxygen atoms in total. The highest BCUT2D eigenvalue weighted by Crippen LogP contribution is 2.32. The van der Waals surface area contributed by atoms with Crippen molar-refractivity contribution in [3.05, 3.63) is 75.8 Å². The number of halogens is 2. The third-order valence-electron chi connectivity index (χ3n) is 4.54. The molecule has 2 amide bonds. The predicted molar refractivity (Wildman–Crippen MR) is 125 cm³/mol. The van der Waals surface area contributed by atoms with Crippen LogP contribution in [-0.2, 0) is 0 Å². The Morgan fingerprint density at radius 2 is 1.34 bits per heavy atom. The van der Waals surface area contributed by atoms with Gasteiger partial charge in [-0.2, -0.15) is 0 Å². The number of carbonyl (C=O) groups excluding carboxylic acids is 2. The van der Waals surface area contributed by atoms with E-state index in [1.54, 1.807) is 48.5 Å². The zero-order valence-corrected chi connectivity index (χ0v) is 19.0. The van der Waals surface area contributed by atoms with Gasteiger partial charge in [-0.25, -0.2) is 0 Å². The van der Waals surface area contributed by atoms with Crippen molar-refractivity contribution >= 4 is 46.4 Å². The van der Waals surface area contributed by atoms with Gasteiger partial charge in [0.1, 0.15) is 22.8 Å². The molecule has 0 saturated heterocycles. The SMILES string of the molecule is COc1ccc(C(=O)Nc2cc(Cl)ccc2Cl)cc1NC(=O)c1c(OC)cccc1OC. The quantitative estimate of drug-likeness (QED) is 0.470. The summed E-state index contributed by atoms with van der Waals surface area (Å²) in [6.45, 7) is 0. The molecular formula is C23H20Cl2N2O5. The van der Waals surface area contributed by atoms with Crippen LogP contribution in [0.5, 0.6) is 17.2 Å². The number of amides is 2. The summed E-state index contributed by atoms with van der Waals surface area (Å²) in [5, 5.41) is 6.23. The molecule has 0 aliphatic rings. The van der Waals surface area contributed by atoms with Gasteiger partial charge in [0.2, 0.25) is 0 Å². The first-order valence-electron chi connectivity index (χ1n) is 9.34. The third kappa shape index (κ3) is 5.07. The van der Waals surface area contributed by atoms with Gasteiger partial charge in [0.25, 0.3) is 11.8 Å². The minimum Gasteiger partial charge on any atom is -0.496 e. The number of hydrogen-bond donors (Lipinski definition) is 2. The summed E-state index contributed by atoms with van der Waals surface area (Å²) in [5.41, 5.74) is 1.13. The molecule has 9 heteroatoms. The normalized spacial score (nSPS) is 10.3. The van der Waals surface area contributed by atoms with Crippen LogP contribution in [0.15, 0.2) is 54.6 Å². The average molecular weight is 475 g/mol. The van der Waals surface area contributed by atoms with E-state index < -0.39 is 11.8 Å². The van der Waals surface area contributed by atoms with E-state index in [9.17, 15) is 9.59 Å². The van der Waals surface area contributed by atoms with Crippen LogP contribution in [0.3, 0.4) is 0 Å². The molecule has 0 aliphatic carbocycles. The first kappa shape index (κ1) is 23.2. The Bertz CT molecular complexity index is 1140. The van der Waals surface area contributed by atoms with Gasteiger partial charge in [0.15, 0.2) is 0 Å². The number of benzene rings is 3. The van der Waals surface area contributed by atoms with Crippen molar-refractivity contribution in [2.75, 3.05) is 32.0 Å². The molecule has 166 valence electrons. The summed E-state index contributed by atoms with van der Waals surface area (Å²) in [5.74, 6) is 0.107. The zero-order valence-electron chi connectivity index (χ0n) is 17.5. The summed E-state index contributed by atoms with van der Waals surface area (Å²) in [6.07, 6.45) is 0. The molecule has 0 radical (unpaired) electrons. The van der Waals surface area contributed by atoms with Crippen LogP contribution in [-0.4, -0.2) is 33.1 Å². The maximum absolute atomic E-state index is 13.0. The Labute approximate surface area is 195 Å². The summed E-state index contributed by atoms with van der Waals surface area (Å²) < 4.78 is 15.9. The standard InChI is InChI=1S/C23H20Cl2N2O5/c1-30-18-10-7-13(22(28)26-16-12-14(24)8-9-15(16)25)11-17(18)27-23(29)21-19(31-2)5-4-6-20(21)32-3/h4-12H,1-3H3,(H,26,28)(H,27,29).